The van der Waals surface area contributed by atoms with Crippen LogP contribution in [0.5, 0.6) is 0 Å². The second kappa shape index (κ2) is 19.1. The zero-order valence-corrected chi connectivity index (χ0v) is 29.1. The van der Waals surface area contributed by atoms with E-state index < -0.39 is 83.8 Å². The number of aromatic amines is 1. The van der Waals surface area contributed by atoms with Crippen LogP contribution >= 0.6 is 0 Å². The lowest BCUT2D eigenvalue weighted by atomic mass is 9.95. The number of aliphatic hydroxyl groups excluding tert-OH is 2. The maximum absolute atomic E-state index is 13.1. The lowest BCUT2D eigenvalue weighted by Gasteiger charge is -2.35. The summed E-state index contributed by atoms with van der Waals surface area (Å²) in [6, 6.07) is 0.123. The van der Waals surface area contributed by atoms with Crippen molar-refractivity contribution in [2.24, 2.45) is 11.7 Å². The second-order valence-corrected chi connectivity index (χ2v) is 13.4. The van der Waals surface area contributed by atoms with Crippen molar-refractivity contribution in [2.75, 3.05) is 6.61 Å². The highest BCUT2D eigenvalue weighted by Gasteiger charge is 2.53. The third kappa shape index (κ3) is 10.6. The number of amides is 3. The Morgan fingerprint density at radius 2 is 1.82 bits per heavy atom. The molecule has 3 aliphatic heterocycles. The van der Waals surface area contributed by atoms with E-state index in [0.717, 1.165) is 61.4 Å². The Kier molecular flexibility index (Phi) is 14.9. The molecule has 0 aromatic carbocycles. The van der Waals surface area contributed by atoms with Crippen molar-refractivity contribution in [1.29, 1.82) is 0 Å². The van der Waals surface area contributed by atoms with Gasteiger partial charge in [-0.15, -0.1) is 0 Å². The highest BCUT2D eigenvalue weighted by Crippen LogP contribution is 2.38. The summed E-state index contributed by atoms with van der Waals surface area (Å²) in [6.45, 7) is 4.19. The van der Waals surface area contributed by atoms with Crippen molar-refractivity contribution in [1.82, 2.24) is 20.2 Å². The molecule has 10 atom stereocenters. The molecule has 17 nitrogen and oxygen atoms in total. The van der Waals surface area contributed by atoms with Gasteiger partial charge in [0.1, 0.15) is 36.7 Å². The van der Waals surface area contributed by atoms with Crippen LogP contribution in [0.2, 0.25) is 0 Å². The van der Waals surface area contributed by atoms with Crippen molar-refractivity contribution in [3.63, 3.8) is 0 Å². The Balaban J connectivity index is 1.49. The number of unbranched alkanes of at least 4 members (excludes halogenated alkanes) is 7. The maximum Gasteiger partial charge on any atom is 0.330 e. The fourth-order valence-electron chi connectivity index (χ4n) is 6.51. The molecule has 7 N–H and O–H groups in total. The molecule has 2 fully saturated rings. The van der Waals surface area contributed by atoms with Crippen LogP contribution in [0.1, 0.15) is 90.7 Å². The fourth-order valence-corrected chi connectivity index (χ4v) is 6.51. The van der Waals surface area contributed by atoms with Gasteiger partial charge in [0.15, 0.2) is 18.1 Å². The predicted molar refractivity (Wildman–Crippen MR) is 180 cm³/mol. The van der Waals surface area contributed by atoms with Gasteiger partial charge in [-0.3, -0.25) is 28.7 Å². The summed E-state index contributed by atoms with van der Waals surface area (Å²) in [4.78, 5) is 77.9. The van der Waals surface area contributed by atoms with E-state index in [1.165, 1.54) is 12.8 Å². The molecule has 4 rings (SSSR count). The molecule has 0 saturated carbocycles. The molecular formula is C34H51N5O12. The minimum Gasteiger partial charge on any atom is -0.456 e. The van der Waals surface area contributed by atoms with Crippen LogP contribution in [0.25, 0.3) is 0 Å². The summed E-state index contributed by atoms with van der Waals surface area (Å²) in [5.41, 5.74) is 4.18. The van der Waals surface area contributed by atoms with Gasteiger partial charge in [-0.25, -0.2) is 4.79 Å². The maximum atomic E-state index is 13.1. The minimum atomic E-state index is -1.87. The first-order valence-corrected chi connectivity index (χ1v) is 17.8. The molecule has 1 aromatic rings. The number of primary amides is 1. The number of carbonyl (C=O) groups excluding carboxylic acids is 4. The van der Waals surface area contributed by atoms with E-state index in [4.69, 9.17) is 24.7 Å². The Morgan fingerprint density at radius 3 is 2.49 bits per heavy atom. The van der Waals surface area contributed by atoms with Gasteiger partial charge in [0, 0.05) is 24.9 Å². The summed E-state index contributed by atoms with van der Waals surface area (Å²) in [6.07, 6.45) is 1.38. The van der Waals surface area contributed by atoms with Crippen molar-refractivity contribution in [3.05, 3.63) is 44.9 Å². The van der Waals surface area contributed by atoms with Crippen LogP contribution in [-0.2, 0) is 38.1 Å². The smallest absolute Gasteiger partial charge is 0.330 e. The van der Waals surface area contributed by atoms with Gasteiger partial charge in [-0.1, -0.05) is 51.9 Å². The molecule has 0 bridgehead atoms. The number of carbonyl (C=O) groups is 4. The molecule has 1 aromatic heterocycles. The monoisotopic (exact) mass is 721 g/mol. The van der Waals surface area contributed by atoms with E-state index >= 15 is 0 Å². The Hall–Kier alpha value is -3.90. The normalized spacial score (nSPS) is 30.0. The number of nitrogens with one attached hydrogen (secondary N) is 3. The van der Waals surface area contributed by atoms with Crippen molar-refractivity contribution < 1.29 is 48.3 Å². The topological polar surface area (TPSA) is 251 Å². The van der Waals surface area contributed by atoms with E-state index in [1.807, 2.05) is 6.92 Å². The van der Waals surface area contributed by atoms with Gasteiger partial charge in [0.05, 0.1) is 5.92 Å². The number of nitrogens with zero attached hydrogens (tertiary/aromatic N) is 1. The number of aldehydes is 1. The summed E-state index contributed by atoms with van der Waals surface area (Å²) in [5.74, 6) is -4.16. The molecular weight excluding hydrogens is 670 g/mol. The standard InChI is InChI=1S/C34H51N5O12/c1-3-4-5-6-7-8-9-10-16-48-27-20(18-40)26(50-32(27)39-15-14-24(42)38-34(39)47)28(29(35)44)51-33-25(43)22(41)17-23(49-33)31(46)37-21-13-11-12-19(2)36-30(21)45/h14-15,17-22,25-28,32-33,41,43H,3-13,16H2,1-2H3,(H2,35,44)(H,36,45)(H,37,46)(H,38,42,47)/t19-,20-,21+,22+,25+,26+,27-,28-,32-,33-/m1/s1. The number of hydrogen-bond donors (Lipinski definition) is 6. The van der Waals surface area contributed by atoms with E-state index in [1.54, 1.807) is 0 Å². The van der Waals surface area contributed by atoms with Crippen LogP contribution in [0.3, 0.4) is 0 Å². The molecule has 4 heterocycles. The third-order valence-electron chi connectivity index (χ3n) is 9.34. The number of aliphatic hydroxyl groups is 2. The largest absolute Gasteiger partial charge is 0.456 e. The molecule has 2 saturated heterocycles. The molecule has 0 radical (unpaired) electrons. The first kappa shape index (κ1) is 39.9. The van der Waals surface area contributed by atoms with Gasteiger partial charge >= 0.3 is 5.69 Å². The molecule has 3 aliphatic rings. The number of aromatic nitrogens is 2. The first-order valence-electron chi connectivity index (χ1n) is 17.8. The molecule has 284 valence electrons. The lowest BCUT2D eigenvalue weighted by Crippen LogP contribution is -2.53. The average molecular weight is 722 g/mol. The van der Waals surface area contributed by atoms with Crippen LogP contribution in [0.15, 0.2) is 33.7 Å². The number of H-pyrrole nitrogens is 1. The van der Waals surface area contributed by atoms with Gasteiger partial charge < -0.3 is 50.3 Å². The second-order valence-electron chi connectivity index (χ2n) is 13.4. The SMILES string of the molecule is CCCCCCCCCCO[C@@H]1[C@H](C=O)[C@@H]([C@@H](O[C@H]2OC(C(=O)N[C@H]3CCC[C@@H](C)NC3=O)=C[C@H](O)[C@@H]2O)C(N)=O)O[C@H]1n1ccc(=O)[nH]c1=O. The number of hydrogen-bond acceptors (Lipinski definition) is 12. The van der Waals surface area contributed by atoms with Crippen LogP contribution in [-0.4, -0.2) is 99.3 Å². The Morgan fingerprint density at radius 1 is 1.12 bits per heavy atom. The minimum absolute atomic E-state index is 0.0736. The molecule has 3 amide bonds. The molecule has 0 aliphatic carbocycles. The van der Waals surface area contributed by atoms with E-state index in [2.05, 4.69) is 22.5 Å². The van der Waals surface area contributed by atoms with Crippen LogP contribution in [0, 0.1) is 5.92 Å². The van der Waals surface area contributed by atoms with E-state index in [-0.39, 0.29) is 18.6 Å². The number of rotatable bonds is 18. The van der Waals surface area contributed by atoms with Gasteiger partial charge in [0.2, 0.25) is 18.1 Å². The number of ether oxygens (including phenoxy) is 4. The van der Waals surface area contributed by atoms with Crippen molar-refractivity contribution in [2.45, 2.75) is 140 Å². The van der Waals surface area contributed by atoms with Gasteiger partial charge in [-0.05, 0) is 38.7 Å². The van der Waals surface area contributed by atoms with E-state index in [9.17, 15) is 39.0 Å². The summed E-state index contributed by atoms with van der Waals surface area (Å²) < 4.78 is 24.5. The molecule has 17 heteroatoms. The number of nitrogens with two attached hydrogens (primary N) is 1. The highest BCUT2D eigenvalue weighted by molar-refractivity contribution is 5.95. The first-order chi connectivity index (χ1) is 24.4. The third-order valence-corrected chi connectivity index (χ3v) is 9.34. The van der Waals surface area contributed by atoms with Gasteiger partial charge in [-0.2, -0.15) is 0 Å². The van der Waals surface area contributed by atoms with E-state index in [0.29, 0.717) is 25.5 Å². The van der Waals surface area contributed by atoms with Crippen molar-refractivity contribution >= 4 is 24.0 Å². The molecule has 0 spiro atoms. The lowest BCUT2D eigenvalue weighted by molar-refractivity contribution is -0.238. The Labute approximate surface area is 295 Å². The zero-order chi connectivity index (χ0) is 37.1. The quantitative estimate of drug-likeness (QED) is 0.0851. The summed E-state index contributed by atoms with van der Waals surface area (Å²) >= 11 is 0. The van der Waals surface area contributed by atoms with Crippen LogP contribution in [0.4, 0.5) is 0 Å². The van der Waals surface area contributed by atoms with Crippen molar-refractivity contribution in [3.8, 4) is 0 Å². The summed E-state index contributed by atoms with van der Waals surface area (Å²) in [7, 11) is 0. The predicted octanol–water partition coefficient (Wildman–Crippen LogP) is -0.219. The van der Waals surface area contributed by atoms with Gasteiger partial charge in [0.25, 0.3) is 11.5 Å². The molecule has 51 heavy (non-hydrogen) atoms. The summed E-state index contributed by atoms with van der Waals surface area (Å²) in [5, 5.41) is 26.7. The fraction of sp³-hybridized carbons (Fsp3) is 0.706. The Bertz CT molecular complexity index is 1500. The average Bonchev–Trinajstić information content (AvgIpc) is 3.35. The highest BCUT2D eigenvalue weighted by atomic mass is 16.7. The zero-order valence-electron chi connectivity index (χ0n) is 29.1. The van der Waals surface area contributed by atoms with Crippen LogP contribution < -0.4 is 27.6 Å². The molecule has 0 unspecified atom stereocenters.